The molecule has 1 aromatic rings. The Hall–Kier alpha value is -0.830. The van der Waals surface area contributed by atoms with Crippen molar-refractivity contribution in [2.24, 2.45) is 0 Å². The van der Waals surface area contributed by atoms with E-state index >= 15 is 0 Å². The van der Waals surface area contributed by atoms with Crippen molar-refractivity contribution in [3.63, 3.8) is 0 Å². The van der Waals surface area contributed by atoms with Gasteiger partial charge in [0, 0.05) is 10.9 Å². The molecule has 1 atom stereocenters. The summed E-state index contributed by atoms with van der Waals surface area (Å²) in [6.45, 7) is 1.91. The summed E-state index contributed by atoms with van der Waals surface area (Å²) in [5.41, 5.74) is 1.76. The Labute approximate surface area is 85.0 Å². The number of cyclic esters (lactones) is 1. The molecule has 1 aliphatic rings. The van der Waals surface area contributed by atoms with Gasteiger partial charge in [-0.25, -0.2) is 4.79 Å². The molecule has 0 saturated carbocycles. The Balaban J connectivity index is 2.49. The van der Waals surface area contributed by atoms with E-state index in [2.05, 4.69) is 15.9 Å². The van der Waals surface area contributed by atoms with Crippen molar-refractivity contribution in [2.45, 2.75) is 19.4 Å². The molecule has 0 fully saturated rings. The largest absolute Gasteiger partial charge is 0.459 e. The zero-order valence-electron chi connectivity index (χ0n) is 7.21. The highest BCUT2D eigenvalue weighted by Gasteiger charge is 2.23. The second-order valence-corrected chi connectivity index (χ2v) is 4.14. The van der Waals surface area contributed by atoms with Crippen molar-refractivity contribution in [1.29, 1.82) is 0 Å². The second kappa shape index (κ2) is 3.14. The summed E-state index contributed by atoms with van der Waals surface area (Å²) in [5.74, 6) is -0.213. The number of carbonyl (C=O) groups is 1. The molecule has 1 aliphatic heterocycles. The van der Waals surface area contributed by atoms with Gasteiger partial charge in [0.05, 0.1) is 5.56 Å². The van der Waals surface area contributed by atoms with Crippen molar-refractivity contribution < 1.29 is 9.53 Å². The summed E-state index contributed by atoms with van der Waals surface area (Å²) < 4.78 is 6.02. The van der Waals surface area contributed by atoms with Crippen molar-refractivity contribution in [2.75, 3.05) is 0 Å². The summed E-state index contributed by atoms with van der Waals surface area (Å²) in [4.78, 5) is 11.4. The summed E-state index contributed by atoms with van der Waals surface area (Å²) in [7, 11) is 0. The molecule has 3 heteroatoms. The quantitative estimate of drug-likeness (QED) is 0.652. The smallest absolute Gasteiger partial charge is 0.338 e. The summed E-state index contributed by atoms with van der Waals surface area (Å²) in [5, 5.41) is 0. The average molecular weight is 241 g/mol. The normalized spacial score (nSPS) is 20.8. The standard InChI is InChI=1S/C10H9BrO2/c1-6-4-7-2-3-8(11)5-9(7)10(12)13-6/h2-3,5-6H,4H2,1H3/t6-/m0/s1. The SMILES string of the molecule is C[C@H]1Cc2ccc(Br)cc2C(=O)O1. The van der Waals surface area contributed by atoms with Gasteiger partial charge in [-0.3, -0.25) is 0 Å². The van der Waals surface area contributed by atoms with Gasteiger partial charge in [0.2, 0.25) is 0 Å². The second-order valence-electron chi connectivity index (χ2n) is 3.22. The molecule has 0 unspecified atom stereocenters. The molecule has 2 nitrogen and oxygen atoms in total. The molecule has 1 heterocycles. The van der Waals surface area contributed by atoms with E-state index in [9.17, 15) is 4.79 Å². The first-order valence-electron chi connectivity index (χ1n) is 4.16. The Morgan fingerprint density at radius 1 is 1.54 bits per heavy atom. The van der Waals surface area contributed by atoms with Gasteiger partial charge in [0.25, 0.3) is 0 Å². The molecule has 2 rings (SSSR count). The van der Waals surface area contributed by atoms with Gasteiger partial charge in [-0.15, -0.1) is 0 Å². The summed E-state index contributed by atoms with van der Waals surface area (Å²) >= 11 is 3.33. The van der Waals surface area contributed by atoms with Crippen LogP contribution in [0.4, 0.5) is 0 Å². The maximum absolute atomic E-state index is 11.4. The highest BCUT2D eigenvalue weighted by molar-refractivity contribution is 9.10. The van der Waals surface area contributed by atoms with Crippen LogP contribution in [0, 0.1) is 0 Å². The number of ether oxygens (including phenoxy) is 1. The van der Waals surface area contributed by atoms with Crippen molar-refractivity contribution in [1.82, 2.24) is 0 Å². The molecular weight excluding hydrogens is 232 g/mol. The Morgan fingerprint density at radius 2 is 2.31 bits per heavy atom. The number of hydrogen-bond acceptors (Lipinski definition) is 2. The van der Waals surface area contributed by atoms with Gasteiger partial charge in [-0.05, 0) is 24.6 Å². The van der Waals surface area contributed by atoms with E-state index in [1.165, 1.54) is 0 Å². The number of esters is 1. The van der Waals surface area contributed by atoms with Crippen molar-refractivity contribution >= 4 is 21.9 Å². The van der Waals surface area contributed by atoms with Crippen LogP contribution < -0.4 is 0 Å². The monoisotopic (exact) mass is 240 g/mol. The van der Waals surface area contributed by atoms with Crippen LogP contribution in [-0.4, -0.2) is 12.1 Å². The lowest BCUT2D eigenvalue weighted by Crippen LogP contribution is -2.24. The van der Waals surface area contributed by atoms with Gasteiger partial charge < -0.3 is 4.74 Å². The van der Waals surface area contributed by atoms with Gasteiger partial charge in [0.1, 0.15) is 6.10 Å². The van der Waals surface area contributed by atoms with E-state index in [4.69, 9.17) is 4.74 Å². The van der Waals surface area contributed by atoms with Crippen LogP contribution in [0.2, 0.25) is 0 Å². The molecule has 0 spiro atoms. The molecule has 0 N–H and O–H groups in total. The highest BCUT2D eigenvalue weighted by atomic mass is 79.9. The maximum atomic E-state index is 11.4. The Morgan fingerprint density at radius 3 is 3.08 bits per heavy atom. The van der Waals surface area contributed by atoms with Gasteiger partial charge in [-0.1, -0.05) is 22.0 Å². The number of fused-ring (bicyclic) bond motifs is 1. The molecule has 68 valence electrons. The van der Waals surface area contributed by atoms with Crippen LogP contribution >= 0.6 is 15.9 Å². The molecule has 0 aromatic heterocycles. The van der Waals surface area contributed by atoms with E-state index in [1.807, 2.05) is 25.1 Å². The first-order chi connectivity index (χ1) is 6.16. The molecule has 0 aliphatic carbocycles. The molecule has 1 aromatic carbocycles. The minimum Gasteiger partial charge on any atom is -0.459 e. The zero-order valence-corrected chi connectivity index (χ0v) is 8.80. The van der Waals surface area contributed by atoms with E-state index in [-0.39, 0.29) is 12.1 Å². The molecule has 0 amide bonds. The lowest BCUT2D eigenvalue weighted by Gasteiger charge is -2.21. The lowest BCUT2D eigenvalue weighted by molar-refractivity contribution is 0.0301. The van der Waals surface area contributed by atoms with Gasteiger partial charge in [-0.2, -0.15) is 0 Å². The average Bonchev–Trinajstić information content (AvgIpc) is 2.06. The van der Waals surface area contributed by atoms with Crippen LogP contribution in [0.1, 0.15) is 22.8 Å². The van der Waals surface area contributed by atoms with Crippen LogP contribution in [0.15, 0.2) is 22.7 Å². The van der Waals surface area contributed by atoms with Crippen LogP contribution in [0.3, 0.4) is 0 Å². The number of hydrogen-bond donors (Lipinski definition) is 0. The molecule has 13 heavy (non-hydrogen) atoms. The minimum absolute atomic E-state index is 0.00109. The third-order valence-corrected chi connectivity index (χ3v) is 2.60. The zero-order chi connectivity index (χ0) is 9.42. The summed E-state index contributed by atoms with van der Waals surface area (Å²) in [6, 6.07) is 5.73. The number of carbonyl (C=O) groups excluding carboxylic acids is 1. The third-order valence-electron chi connectivity index (χ3n) is 2.11. The van der Waals surface area contributed by atoms with Crippen LogP contribution in [-0.2, 0) is 11.2 Å². The van der Waals surface area contributed by atoms with Gasteiger partial charge in [0.15, 0.2) is 0 Å². The highest BCUT2D eigenvalue weighted by Crippen LogP contribution is 2.23. The fourth-order valence-corrected chi connectivity index (χ4v) is 1.88. The van der Waals surface area contributed by atoms with Crippen LogP contribution in [0.5, 0.6) is 0 Å². The van der Waals surface area contributed by atoms with E-state index in [0.29, 0.717) is 5.56 Å². The maximum Gasteiger partial charge on any atom is 0.338 e. The van der Waals surface area contributed by atoms with E-state index < -0.39 is 0 Å². The number of halogens is 1. The van der Waals surface area contributed by atoms with E-state index in [0.717, 1.165) is 16.5 Å². The minimum atomic E-state index is -0.213. The van der Waals surface area contributed by atoms with Crippen molar-refractivity contribution in [3.8, 4) is 0 Å². The predicted molar refractivity (Wildman–Crippen MR) is 52.7 cm³/mol. The Bertz CT molecular complexity index is 360. The molecule has 0 saturated heterocycles. The third kappa shape index (κ3) is 1.61. The predicted octanol–water partition coefficient (Wildman–Crippen LogP) is 2.55. The fourth-order valence-electron chi connectivity index (χ4n) is 1.51. The van der Waals surface area contributed by atoms with E-state index in [1.54, 1.807) is 0 Å². The first kappa shape index (κ1) is 8.75. The molecule has 0 bridgehead atoms. The van der Waals surface area contributed by atoms with Crippen molar-refractivity contribution in [3.05, 3.63) is 33.8 Å². The fraction of sp³-hybridized carbons (Fsp3) is 0.300. The number of rotatable bonds is 0. The topological polar surface area (TPSA) is 26.3 Å². The Kier molecular flexibility index (Phi) is 2.12. The molecule has 0 radical (unpaired) electrons. The van der Waals surface area contributed by atoms with Gasteiger partial charge >= 0.3 is 5.97 Å². The lowest BCUT2D eigenvalue weighted by atomic mass is 10.00. The number of benzene rings is 1. The first-order valence-corrected chi connectivity index (χ1v) is 4.95. The summed E-state index contributed by atoms with van der Waals surface area (Å²) in [6.07, 6.45) is 0.815. The van der Waals surface area contributed by atoms with Crippen LogP contribution in [0.25, 0.3) is 0 Å². The molecular formula is C10H9BrO2.